The van der Waals surface area contributed by atoms with Crippen molar-refractivity contribution in [1.29, 1.82) is 0 Å². The predicted molar refractivity (Wildman–Crippen MR) is 129 cm³/mol. The number of carbonyl (C=O) groups excluding carboxylic acids is 1. The van der Waals surface area contributed by atoms with Gasteiger partial charge in [0.05, 0.1) is 5.56 Å². The molecular formula is C25H29N5O2. The molecule has 2 heterocycles. The van der Waals surface area contributed by atoms with E-state index in [1.165, 1.54) is 17.3 Å². The highest BCUT2D eigenvalue weighted by Crippen LogP contribution is 2.25. The van der Waals surface area contributed by atoms with Crippen LogP contribution >= 0.6 is 0 Å². The Hall–Kier alpha value is -3.45. The van der Waals surface area contributed by atoms with Crippen LogP contribution in [0.4, 0.5) is 11.4 Å². The zero-order chi connectivity index (χ0) is 22.5. The molecule has 7 heteroatoms. The zero-order valence-corrected chi connectivity index (χ0v) is 18.6. The molecule has 1 saturated heterocycles. The Balaban J connectivity index is 1.45. The first kappa shape index (κ1) is 21.8. The van der Waals surface area contributed by atoms with Gasteiger partial charge in [-0.05, 0) is 19.1 Å². The van der Waals surface area contributed by atoms with E-state index in [0.29, 0.717) is 23.5 Å². The fourth-order valence-electron chi connectivity index (χ4n) is 4.14. The smallest absolute Gasteiger partial charge is 0.290 e. The molecule has 0 amide bonds. The predicted octanol–water partition coefficient (Wildman–Crippen LogP) is 2.88. The van der Waals surface area contributed by atoms with Gasteiger partial charge in [-0.3, -0.25) is 14.5 Å². The second-order valence-electron chi connectivity index (χ2n) is 8.04. The SMILES string of the molecule is CC(=O)c1c(-c2ccccc2)nn(C)c(=O)c1NCCN1CCN(c2ccccc2)CC1. The van der Waals surface area contributed by atoms with E-state index in [2.05, 4.69) is 44.5 Å². The molecule has 2 aromatic carbocycles. The van der Waals surface area contributed by atoms with E-state index in [1.54, 1.807) is 7.05 Å². The van der Waals surface area contributed by atoms with Crippen LogP contribution in [0.15, 0.2) is 65.5 Å². The Morgan fingerprint density at radius 3 is 2.22 bits per heavy atom. The lowest BCUT2D eigenvalue weighted by molar-refractivity contribution is 0.101. The minimum Gasteiger partial charge on any atom is -0.379 e. The number of ketones is 1. The zero-order valence-electron chi connectivity index (χ0n) is 18.6. The standard InChI is InChI=1S/C25H29N5O2/c1-19(31)22-23(20-9-5-3-6-10-20)27-28(2)25(32)24(22)26-13-14-29-15-17-30(18-16-29)21-11-7-4-8-12-21/h3-12,26H,13-18H2,1-2H3. The first-order chi connectivity index (χ1) is 15.5. The van der Waals surface area contributed by atoms with E-state index in [1.807, 2.05) is 36.4 Å². The molecule has 0 atom stereocenters. The van der Waals surface area contributed by atoms with E-state index in [9.17, 15) is 9.59 Å². The van der Waals surface area contributed by atoms with Crippen molar-refractivity contribution in [3.05, 3.63) is 76.6 Å². The van der Waals surface area contributed by atoms with Crippen molar-refractivity contribution >= 4 is 17.2 Å². The molecule has 1 aromatic heterocycles. The number of carbonyl (C=O) groups is 1. The van der Waals surface area contributed by atoms with Crippen LogP contribution in [-0.4, -0.2) is 59.7 Å². The van der Waals surface area contributed by atoms with Crippen molar-refractivity contribution in [1.82, 2.24) is 14.7 Å². The second-order valence-corrected chi connectivity index (χ2v) is 8.04. The third kappa shape index (κ3) is 4.73. The largest absolute Gasteiger partial charge is 0.379 e. The van der Waals surface area contributed by atoms with Gasteiger partial charge in [0, 0.05) is 57.6 Å². The first-order valence-electron chi connectivity index (χ1n) is 11.0. The van der Waals surface area contributed by atoms with Gasteiger partial charge in [0.25, 0.3) is 5.56 Å². The molecule has 3 aromatic rings. The lowest BCUT2D eigenvalue weighted by Gasteiger charge is -2.36. The molecule has 0 radical (unpaired) electrons. The number of benzene rings is 2. The molecule has 1 aliphatic heterocycles. The van der Waals surface area contributed by atoms with Crippen LogP contribution in [0.25, 0.3) is 11.3 Å². The fourth-order valence-corrected chi connectivity index (χ4v) is 4.14. The monoisotopic (exact) mass is 431 g/mol. The lowest BCUT2D eigenvalue weighted by atomic mass is 10.0. The van der Waals surface area contributed by atoms with Gasteiger partial charge in [-0.25, -0.2) is 4.68 Å². The van der Waals surface area contributed by atoms with E-state index in [4.69, 9.17) is 0 Å². The molecule has 7 nitrogen and oxygen atoms in total. The molecule has 166 valence electrons. The van der Waals surface area contributed by atoms with Gasteiger partial charge in [0.15, 0.2) is 5.78 Å². The third-order valence-electron chi connectivity index (χ3n) is 5.87. The summed E-state index contributed by atoms with van der Waals surface area (Å²) >= 11 is 0. The summed E-state index contributed by atoms with van der Waals surface area (Å²) in [5, 5.41) is 7.64. The molecule has 0 saturated carbocycles. The van der Waals surface area contributed by atoms with Crippen molar-refractivity contribution in [3.63, 3.8) is 0 Å². The highest BCUT2D eigenvalue weighted by atomic mass is 16.1. The van der Waals surface area contributed by atoms with E-state index >= 15 is 0 Å². The van der Waals surface area contributed by atoms with Crippen LogP contribution in [0.2, 0.25) is 0 Å². The fraction of sp³-hybridized carbons (Fsp3) is 0.320. The summed E-state index contributed by atoms with van der Waals surface area (Å²) in [6.45, 7) is 6.72. The highest BCUT2D eigenvalue weighted by Gasteiger charge is 2.22. The van der Waals surface area contributed by atoms with E-state index in [0.717, 1.165) is 38.3 Å². The molecule has 1 aliphatic rings. The number of hydrogen-bond acceptors (Lipinski definition) is 6. The van der Waals surface area contributed by atoms with E-state index in [-0.39, 0.29) is 11.3 Å². The normalized spacial score (nSPS) is 14.4. The van der Waals surface area contributed by atoms with E-state index < -0.39 is 0 Å². The van der Waals surface area contributed by atoms with Gasteiger partial charge in [-0.1, -0.05) is 48.5 Å². The molecular weight excluding hydrogens is 402 g/mol. The van der Waals surface area contributed by atoms with Crippen molar-refractivity contribution < 1.29 is 4.79 Å². The van der Waals surface area contributed by atoms with Crippen LogP contribution in [0.5, 0.6) is 0 Å². The number of aromatic nitrogens is 2. The highest BCUT2D eigenvalue weighted by molar-refractivity contribution is 6.04. The molecule has 4 rings (SSSR count). The summed E-state index contributed by atoms with van der Waals surface area (Å²) in [6, 6.07) is 20.0. The summed E-state index contributed by atoms with van der Waals surface area (Å²) in [7, 11) is 1.62. The lowest BCUT2D eigenvalue weighted by Crippen LogP contribution is -2.47. The van der Waals surface area contributed by atoms with Crippen molar-refractivity contribution in [2.75, 3.05) is 49.5 Å². The molecule has 0 unspecified atom stereocenters. The average Bonchev–Trinajstić information content (AvgIpc) is 2.83. The number of nitrogens with one attached hydrogen (secondary N) is 1. The van der Waals surface area contributed by atoms with Gasteiger partial charge in [0.1, 0.15) is 11.4 Å². The summed E-state index contributed by atoms with van der Waals surface area (Å²) in [5.41, 5.74) is 2.99. The maximum Gasteiger partial charge on any atom is 0.290 e. The number of nitrogens with zero attached hydrogens (tertiary/aromatic N) is 4. The number of Topliss-reactive ketones (excluding diaryl/α,β-unsaturated/α-hetero) is 1. The summed E-state index contributed by atoms with van der Waals surface area (Å²) in [5.74, 6) is -0.173. The number of aryl methyl sites for hydroxylation is 1. The molecule has 1 fully saturated rings. The number of rotatable bonds is 7. The van der Waals surface area contributed by atoms with Crippen molar-refractivity contribution in [2.24, 2.45) is 7.05 Å². The number of piperazine rings is 1. The quantitative estimate of drug-likeness (QED) is 0.580. The number of para-hydroxylation sites is 1. The van der Waals surface area contributed by atoms with Crippen LogP contribution < -0.4 is 15.8 Å². The van der Waals surface area contributed by atoms with Gasteiger partial charge in [-0.2, -0.15) is 5.10 Å². The van der Waals surface area contributed by atoms with Crippen LogP contribution in [0.1, 0.15) is 17.3 Å². The molecule has 0 bridgehead atoms. The molecule has 0 aliphatic carbocycles. The molecule has 32 heavy (non-hydrogen) atoms. The third-order valence-corrected chi connectivity index (χ3v) is 5.87. The Labute approximate surface area is 188 Å². The van der Waals surface area contributed by atoms with Crippen molar-refractivity contribution in [2.45, 2.75) is 6.92 Å². The molecule has 0 spiro atoms. The number of anilines is 2. The maximum absolute atomic E-state index is 12.8. The Morgan fingerprint density at radius 1 is 0.969 bits per heavy atom. The number of hydrogen-bond donors (Lipinski definition) is 1. The summed E-state index contributed by atoms with van der Waals surface area (Å²) in [6.07, 6.45) is 0. The van der Waals surface area contributed by atoms with Crippen molar-refractivity contribution in [3.8, 4) is 11.3 Å². The minimum atomic E-state index is -0.288. The molecule has 1 N–H and O–H groups in total. The minimum absolute atomic E-state index is 0.173. The Morgan fingerprint density at radius 2 is 1.59 bits per heavy atom. The average molecular weight is 432 g/mol. The second kappa shape index (κ2) is 9.78. The van der Waals surface area contributed by atoms with Crippen LogP contribution in [0.3, 0.4) is 0 Å². The van der Waals surface area contributed by atoms with Crippen LogP contribution in [-0.2, 0) is 7.05 Å². The van der Waals surface area contributed by atoms with Gasteiger partial charge < -0.3 is 10.2 Å². The topological polar surface area (TPSA) is 70.5 Å². The van der Waals surface area contributed by atoms with Gasteiger partial charge in [-0.15, -0.1) is 0 Å². The Kier molecular flexibility index (Phi) is 6.66. The first-order valence-corrected chi connectivity index (χ1v) is 11.0. The van der Waals surface area contributed by atoms with Gasteiger partial charge in [0.2, 0.25) is 0 Å². The van der Waals surface area contributed by atoms with Gasteiger partial charge >= 0.3 is 0 Å². The van der Waals surface area contributed by atoms with Crippen LogP contribution in [0, 0.1) is 0 Å². The maximum atomic E-state index is 12.8. The summed E-state index contributed by atoms with van der Waals surface area (Å²) < 4.78 is 1.30. The summed E-state index contributed by atoms with van der Waals surface area (Å²) in [4.78, 5) is 30.1. The Bertz CT molecular complexity index is 1120.